The summed E-state index contributed by atoms with van der Waals surface area (Å²) in [6, 6.07) is 3.70. The fourth-order valence-electron chi connectivity index (χ4n) is 5.09. The molecule has 1 aromatic carbocycles. The van der Waals surface area contributed by atoms with E-state index in [0.29, 0.717) is 24.4 Å². The van der Waals surface area contributed by atoms with Crippen molar-refractivity contribution in [1.29, 1.82) is 0 Å². The molecule has 0 spiro atoms. The van der Waals surface area contributed by atoms with Crippen molar-refractivity contribution in [2.24, 2.45) is 0 Å². The number of H-pyrrole nitrogens is 1. The number of hydrogen-bond acceptors (Lipinski definition) is 6. The monoisotopic (exact) mass is 459 g/mol. The molecule has 1 unspecified atom stereocenters. The molecule has 2 atom stereocenters. The van der Waals surface area contributed by atoms with Gasteiger partial charge in [-0.1, -0.05) is 6.07 Å². The minimum atomic E-state index is -2.44. The SMILES string of the molecule is C[C@@H]1Cc2c(ccc3[nH]ncc23)C(c2cnc(NC3CN(CCCF)C3)cn2)N1CC(F)F. The number of halogens is 3. The van der Waals surface area contributed by atoms with Crippen LogP contribution in [0, 0.1) is 0 Å². The highest BCUT2D eigenvalue weighted by molar-refractivity contribution is 5.83. The van der Waals surface area contributed by atoms with Crippen LogP contribution in [0.1, 0.15) is 36.2 Å². The molecule has 7 nitrogen and oxygen atoms in total. The third kappa shape index (κ3) is 4.41. The van der Waals surface area contributed by atoms with E-state index in [0.717, 1.165) is 41.7 Å². The standard InChI is InChI=1S/C23H28F3N7/c1-14-7-17-16(3-4-19-18(17)8-29-31-19)23(33(14)13-21(25)26)20-9-28-22(10-27-20)30-15-11-32(12-15)6-2-5-24/h3-4,8-10,14-15,21,23H,2,5-7,11-13H2,1H3,(H,28,30)(H,29,31)/t14-,23?/m1/s1. The molecule has 3 aromatic rings. The first-order valence-corrected chi connectivity index (χ1v) is 11.4. The van der Waals surface area contributed by atoms with Crippen molar-refractivity contribution in [3.05, 3.63) is 47.5 Å². The number of alkyl halides is 3. The third-order valence-corrected chi connectivity index (χ3v) is 6.68. The van der Waals surface area contributed by atoms with Gasteiger partial charge in [0.1, 0.15) is 5.82 Å². The van der Waals surface area contributed by atoms with Crippen molar-refractivity contribution < 1.29 is 13.2 Å². The molecule has 10 heteroatoms. The smallest absolute Gasteiger partial charge is 0.251 e. The van der Waals surface area contributed by atoms with Gasteiger partial charge in [-0.25, -0.2) is 13.8 Å². The maximum Gasteiger partial charge on any atom is 0.251 e. The molecular weight excluding hydrogens is 431 g/mol. The molecule has 176 valence electrons. The average molecular weight is 460 g/mol. The quantitative estimate of drug-likeness (QED) is 0.538. The van der Waals surface area contributed by atoms with Crippen LogP contribution in [0.4, 0.5) is 19.0 Å². The molecule has 1 saturated heterocycles. The van der Waals surface area contributed by atoms with Crippen LogP contribution in [0.15, 0.2) is 30.7 Å². The summed E-state index contributed by atoms with van der Waals surface area (Å²) in [5, 5.41) is 11.5. The number of anilines is 1. The first kappa shape index (κ1) is 22.1. The predicted molar refractivity (Wildman–Crippen MR) is 120 cm³/mol. The summed E-state index contributed by atoms with van der Waals surface area (Å²) in [6.07, 6.45) is 3.95. The van der Waals surface area contributed by atoms with E-state index in [2.05, 4.69) is 30.4 Å². The van der Waals surface area contributed by atoms with Gasteiger partial charge in [-0.15, -0.1) is 0 Å². The van der Waals surface area contributed by atoms with E-state index in [1.54, 1.807) is 18.6 Å². The first-order valence-electron chi connectivity index (χ1n) is 11.4. The van der Waals surface area contributed by atoms with Crippen molar-refractivity contribution in [2.45, 2.75) is 44.3 Å². The van der Waals surface area contributed by atoms with Crippen LogP contribution in [-0.2, 0) is 6.42 Å². The molecule has 0 saturated carbocycles. The van der Waals surface area contributed by atoms with Crippen LogP contribution in [0.2, 0.25) is 0 Å². The Balaban J connectivity index is 1.39. The Hall–Kier alpha value is -2.72. The molecule has 5 rings (SSSR count). The topological polar surface area (TPSA) is 73.0 Å². The number of likely N-dealkylation sites (tertiary alicyclic amines) is 1. The highest BCUT2D eigenvalue weighted by Crippen LogP contribution is 2.40. The Morgan fingerprint density at radius 3 is 2.76 bits per heavy atom. The average Bonchev–Trinajstić information content (AvgIpc) is 3.25. The summed E-state index contributed by atoms with van der Waals surface area (Å²) in [6.45, 7) is 3.82. The normalized spacial score (nSPS) is 22.0. The van der Waals surface area contributed by atoms with E-state index in [1.807, 2.05) is 24.0 Å². The molecule has 0 aliphatic carbocycles. The van der Waals surface area contributed by atoms with E-state index in [4.69, 9.17) is 0 Å². The highest BCUT2D eigenvalue weighted by Gasteiger charge is 2.37. The van der Waals surface area contributed by atoms with E-state index in [1.165, 1.54) is 0 Å². The van der Waals surface area contributed by atoms with Gasteiger partial charge in [-0.3, -0.25) is 24.3 Å². The van der Waals surface area contributed by atoms with E-state index < -0.39 is 12.5 Å². The molecule has 4 heterocycles. The number of hydrogen-bond donors (Lipinski definition) is 2. The van der Waals surface area contributed by atoms with E-state index >= 15 is 0 Å². The molecule has 0 bridgehead atoms. The molecule has 2 aliphatic rings. The minimum absolute atomic E-state index is 0.0816. The Bertz CT molecular complexity index is 1080. The number of fused-ring (bicyclic) bond motifs is 3. The molecule has 33 heavy (non-hydrogen) atoms. The highest BCUT2D eigenvalue weighted by atomic mass is 19.3. The minimum Gasteiger partial charge on any atom is -0.363 e. The van der Waals surface area contributed by atoms with Gasteiger partial charge in [0.15, 0.2) is 0 Å². The van der Waals surface area contributed by atoms with Gasteiger partial charge in [-0.05, 0) is 37.0 Å². The lowest BCUT2D eigenvalue weighted by Gasteiger charge is -2.41. The summed E-state index contributed by atoms with van der Waals surface area (Å²) >= 11 is 0. The summed E-state index contributed by atoms with van der Waals surface area (Å²) in [5.74, 6) is 0.656. The van der Waals surface area contributed by atoms with Gasteiger partial charge >= 0.3 is 0 Å². The number of benzene rings is 1. The summed E-state index contributed by atoms with van der Waals surface area (Å²) in [5.41, 5.74) is 3.68. The van der Waals surface area contributed by atoms with E-state index in [-0.39, 0.29) is 25.3 Å². The number of aromatic amines is 1. The molecule has 2 aliphatic heterocycles. The van der Waals surface area contributed by atoms with Crippen LogP contribution < -0.4 is 5.32 Å². The maximum atomic E-state index is 13.5. The maximum absolute atomic E-state index is 13.5. The van der Waals surface area contributed by atoms with Crippen LogP contribution >= 0.6 is 0 Å². The summed E-state index contributed by atoms with van der Waals surface area (Å²) in [7, 11) is 0. The van der Waals surface area contributed by atoms with Gasteiger partial charge < -0.3 is 5.32 Å². The Morgan fingerprint density at radius 1 is 1.18 bits per heavy atom. The van der Waals surface area contributed by atoms with Crippen LogP contribution in [0.5, 0.6) is 0 Å². The van der Waals surface area contributed by atoms with Gasteiger partial charge in [0, 0.05) is 31.1 Å². The van der Waals surface area contributed by atoms with Crippen LogP contribution in [0.3, 0.4) is 0 Å². The zero-order valence-electron chi connectivity index (χ0n) is 18.5. The van der Waals surface area contributed by atoms with Crippen molar-refractivity contribution in [2.75, 3.05) is 38.2 Å². The predicted octanol–water partition coefficient (Wildman–Crippen LogP) is 3.41. The lowest BCUT2D eigenvalue weighted by atomic mass is 9.85. The molecular formula is C23H28F3N7. The summed E-state index contributed by atoms with van der Waals surface area (Å²) < 4.78 is 39.3. The zero-order valence-corrected chi connectivity index (χ0v) is 18.5. The van der Waals surface area contributed by atoms with Crippen LogP contribution in [-0.4, -0.2) is 81.3 Å². The number of nitrogens with one attached hydrogen (secondary N) is 2. The van der Waals surface area contributed by atoms with Gasteiger partial charge in [0.25, 0.3) is 6.43 Å². The van der Waals surface area contributed by atoms with Gasteiger partial charge in [0.05, 0.1) is 55.1 Å². The lowest BCUT2D eigenvalue weighted by Crippen LogP contribution is -2.54. The van der Waals surface area contributed by atoms with Gasteiger partial charge in [0.2, 0.25) is 0 Å². The van der Waals surface area contributed by atoms with Crippen molar-refractivity contribution >= 4 is 16.7 Å². The Labute approximate surface area is 190 Å². The van der Waals surface area contributed by atoms with Crippen molar-refractivity contribution in [1.82, 2.24) is 30.0 Å². The first-order chi connectivity index (χ1) is 16.0. The number of aromatic nitrogens is 4. The fourth-order valence-corrected chi connectivity index (χ4v) is 5.09. The third-order valence-electron chi connectivity index (χ3n) is 6.68. The lowest BCUT2D eigenvalue weighted by molar-refractivity contribution is 0.0455. The fraction of sp³-hybridized carbons (Fsp3) is 0.522. The summed E-state index contributed by atoms with van der Waals surface area (Å²) in [4.78, 5) is 13.2. The molecule has 2 aromatic heterocycles. The molecule has 1 fully saturated rings. The number of rotatable bonds is 8. The van der Waals surface area contributed by atoms with E-state index in [9.17, 15) is 13.2 Å². The second-order valence-corrected chi connectivity index (χ2v) is 8.98. The van der Waals surface area contributed by atoms with Crippen LogP contribution in [0.25, 0.3) is 10.9 Å². The number of nitrogens with zero attached hydrogens (tertiary/aromatic N) is 5. The Morgan fingerprint density at radius 2 is 2.03 bits per heavy atom. The molecule has 0 radical (unpaired) electrons. The second-order valence-electron chi connectivity index (χ2n) is 8.98. The van der Waals surface area contributed by atoms with Crippen molar-refractivity contribution in [3.63, 3.8) is 0 Å². The molecule has 2 N–H and O–H groups in total. The Kier molecular flexibility index (Phi) is 6.20. The van der Waals surface area contributed by atoms with Gasteiger partial charge in [-0.2, -0.15) is 5.10 Å². The largest absolute Gasteiger partial charge is 0.363 e. The zero-order chi connectivity index (χ0) is 22.9. The van der Waals surface area contributed by atoms with Crippen molar-refractivity contribution in [3.8, 4) is 0 Å². The second kappa shape index (κ2) is 9.26. The molecule has 0 amide bonds.